The van der Waals surface area contributed by atoms with Gasteiger partial charge < -0.3 is 5.32 Å². The van der Waals surface area contributed by atoms with Gasteiger partial charge >= 0.3 is 0 Å². The summed E-state index contributed by atoms with van der Waals surface area (Å²) in [7, 11) is 0. The number of carbonyl (C=O) groups excluding carboxylic acids is 1. The third kappa shape index (κ3) is 4.36. The van der Waals surface area contributed by atoms with Gasteiger partial charge in [0.05, 0.1) is 10.9 Å². The summed E-state index contributed by atoms with van der Waals surface area (Å²) >= 11 is 1.34. The zero-order valence-electron chi connectivity index (χ0n) is 15.9. The van der Waals surface area contributed by atoms with Crippen molar-refractivity contribution in [2.24, 2.45) is 0 Å². The lowest BCUT2D eigenvalue weighted by Gasteiger charge is -2.14. The number of carbonyl (C=O) groups is 1. The second kappa shape index (κ2) is 8.35. The summed E-state index contributed by atoms with van der Waals surface area (Å²) < 4.78 is 1.70. The number of thioether (sulfide) groups is 1. The Morgan fingerprint density at radius 2 is 1.81 bits per heavy atom. The molecular weight excluding hydrogens is 358 g/mol. The highest BCUT2D eigenvalue weighted by Gasteiger charge is 2.20. The lowest BCUT2D eigenvalue weighted by atomic mass is 10.1. The van der Waals surface area contributed by atoms with E-state index in [2.05, 4.69) is 27.8 Å². The fourth-order valence-electron chi connectivity index (χ4n) is 2.81. The Hall–Kier alpha value is -2.67. The van der Waals surface area contributed by atoms with Crippen LogP contribution in [-0.2, 0) is 11.2 Å². The zero-order valence-corrected chi connectivity index (χ0v) is 16.7. The van der Waals surface area contributed by atoms with Gasteiger partial charge in [0.2, 0.25) is 11.1 Å². The van der Waals surface area contributed by atoms with Gasteiger partial charge in [0, 0.05) is 5.69 Å². The van der Waals surface area contributed by atoms with Crippen LogP contribution in [0.2, 0.25) is 0 Å². The van der Waals surface area contributed by atoms with Gasteiger partial charge in [0.15, 0.2) is 0 Å². The number of nitrogens with zero attached hydrogens (tertiary/aromatic N) is 4. The summed E-state index contributed by atoms with van der Waals surface area (Å²) in [5.41, 5.74) is 5.14. The van der Waals surface area contributed by atoms with Gasteiger partial charge in [-0.25, -0.2) is 0 Å². The molecule has 0 spiro atoms. The second-order valence-corrected chi connectivity index (χ2v) is 7.72. The first kappa shape index (κ1) is 19.1. The molecule has 1 aromatic heterocycles. The molecule has 1 amide bonds. The molecule has 6 nitrogen and oxygen atoms in total. The summed E-state index contributed by atoms with van der Waals surface area (Å²) in [6, 6.07) is 13.9. The van der Waals surface area contributed by atoms with E-state index in [0.717, 1.165) is 28.9 Å². The van der Waals surface area contributed by atoms with Gasteiger partial charge in [-0.05, 0) is 66.4 Å². The van der Waals surface area contributed by atoms with Crippen molar-refractivity contribution in [3.63, 3.8) is 0 Å². The van der Waals surface area contributed by atoms with Crippen molar-refractivity contribution >= 4 is 23.4 Å². The molecular formula is C20H23N5OS. The van der Waals surface area contributed by atoms with E-state index in [9.17, 15) is 4.79 Å². The molecule has 1 atom stereocenters. The highest BCUT2D eigenvalue weighted by Crippen LogP contribution is 2.26. The highest BCUT2D eigenvalue weighted by molar-refractivity contribution is 8.00. The Balaban J connectivity index is 1.74. The molecule has 2 aromatic carbocycles. The number of para-hydroxylation sites is 1. The Morgan fingerprint density at radius 1 is 1.15 bits per heavy atom. The maximum atomic E-state index is 12.6. The largest absolute Gasteiger partial charge is 0.325 e. The fraction of sp³-hybridized carbons (Fsp3) is 0.300. The van der Waals surface area contributed by atoms with Crippen LogP contribution in [0.5, 0.6) is 0 Å². The Morgan fingerprint density at radius 3 is 2.44 bits per heavy atom. The Kier molecular flexibility index (Phi) is 5.91. The van der Waals surface area contributed by atoms with Crippen molar-refractivity contribution in [3.8, 4) is 5.69 Å². The maximum Gasteiger partial charge on any atom is 0.237 e. The third-order valence-electron chi connectivity index (χ3n) is 4.37. The molecule has 1 unspecified atom stereocenters. The predicted octanol–water partition coefficient (Wildman–Crippen LogP) is 3.96. The van der Waals surface area contributed by atoms with E-state index in [1.165, 1.54) is 17.3 Å². The summed E-state index contributed by atoms with van der Waals surface area (Å²) in [4.78, 5) is 12.6. The van der Waals surface area contributed by atoms with E-state index in [1.54, 1.807) is 4.68 Å². The molecule has 0 saturated heterocycles. The SMILES string of the molecule is CCc1ccc(NC(=O)C(C)Sc2nnnn2-c2c(C)cccc2C)cc1. The number of hydrogen-bond acceptors (Lipinski definition) is 5. The van der Waals surface area contributed by atoms with Gasteiger partial charge in [-0.3, -0.25) is 4.79 Å². The van der Waals surface area contributed by atoms with Crippen LogP contribution in [0.4, 0.5) is 5.69 Å². The number of aryl methyl sites for hydroxylation is 3. The number of tetrazole rings is 1. The van der Waals surface area contributed by atoms with Crippen molar-refractivity contribution in [1.29, 1.82) is 0 Å². The molecule has 1 N–H and O–H groups in total. The van der Waals surface area contributed by atoms with Crippen LogP contribution in [0, 0.1) is 13.8 Å². The van der Waals surface area contributed by atoms with Crippen LogP contribution in [0.1, 0.15) is 30.5 Å². The standard InChI is InChI=1S/C20H23N5OS/c1-5-16-9-11-17(12-10-16)21-19(26)15(4)27-20-22-23-24-25(20)18-13(2)7-6-8-14(18)3/h6-12,15H,5H2,1-4H3,(H,21,26). The van der Waals surface area contributed by atoms with E-state index in [1.807, 2.05) is 63.2 Å². The first-order chi connectivity index (χ1) is 13.0. The van der Waals surface area contributed by atoms with Gasteiger partial charge in [0.25, 0.3) is 0 Å². The van der Waals surface area contributed by atoms with E-state index >= 15 is 0 Å². The second-order valence-electron chi connectivity index (χ2n) is 6.41. The maximum absolute atomic E-state index is 12.6. The normalized spacial score (nSPS) is 12.0. The molecule has 0 fully saturated rings. The highest BCUT2D eigenvalue weighted by atomic mass is 32.2. The number of aromatic nitrogens is 4. The first-order valence-corrected chi connectivity index (χ1v) is 9.79. The third-order valence-corrected chi connectivity index (χ3v) is 5.41. The molecule has 140 valence electrons. The monoisotopic (exact) mass is 381 g/mol. The molecule has 0 saturated carbocycles. The molecule has 0 aliphatic rings. The average molecular weight is 382 g/mol. The van der Waals surface area contributed by atoms with Crippen molar-refractivity contribution in [2.75, 3.05) is 5.32 Å². The quantitative estimate of drug-likeness (QED) is 0.654. The lowest BCUT2D eigenvalue weighted by molar-refractivity contribution is -0.115. The smallest absolute Gasteiger partial charge is 0.237 e. The van der Waals surface area contributed by atoms with Crippen LogP contribution >= 0.6 is 11.8 Å². The minimum Gasteiger partial charge on any atom is -0.325 e. The molecule has 0 aliphatic heterocycles. The van der Waals surface area contributed by atoms with E-state index in [-0.39, 0.29) is 11.2 Å². The number of amides is 1. The van der Waals surface area contributed by atoms with Crippen LogP contribution in [0.25, 0.3) is 5.69 Å². The summed E-state index contributed by atoms with van der Waals surface area (Å²) in [6.07, 6.45) is 0.974. The van der Waals surface area contributed by atoms with Gasteiger partial charge in [-0.15, -0.1) is 5.10 Å². The summed E-state index contributed by atoms with van der Waals surface area (Å²) in [5.74, 6) is -0.0831. The number of rotatable bonds is 6. The van der Waals surface area contributed by atoms with Crippen LogP contribution < -0.4 is 5.32 Å². The van der Waals surface area contributed by atoms with Crippen LogP contribution in [0.3, 0.4) is 0 Å². The van der Waals surface area contributed by atoms with Crippen LogP contribution in [-0.4, -0.2) is 31.4 Å². The lowest BCUT2D eigenvalue weighted by Crippen LogP contribution is -2.23. The minimum atomic E-state index is -0.343. The van der Waals surface area contributed by atoms with Gasteiger partial charge in [-0.1, -0.05) is 49.0 Å². The molecule has 0 bridgehead atoms. The number of hydrogen-bond donors (Lipinski definition) is 1. The zero-order chi connectivity index (χ0) is 19.4. The molecule has 3 rings (SSSR count). The van der Waals surface area contributed by atoms with Crippen molar-refractivity contribution in [1.82, 2.24) is 20.2 Å². The van der Waals surface area contributed by atoms with Gasteiger partial charge in [-0.2, -0.15) is 4.68 Å². The van der Waals surface area contributed by atoms with Crippen molar-refractivity contribution < 1.29 is 4.79 Å². The number of anilines is 1. The molecule has 0 aliphatic carbocycles. The fourth-order valence-corrected chi connectivity index (χ4v) is 3.61. The topological polar surface area (TPSA) is 72.7 Å². The van der Waals surface area contributed by atoms with Crippen molar-refractivity contribution in [3.05, 3.63) is 59.2 Å². The van der Waals surface area contributed by atoms with E-state index < -0.39 is 0 Å². The molecule has 0 radical (unpaired) electrons. The van der Waals surface area contributed by atoms with Gasteiger partial charge in [0.1, 0.15) is 0 Å². The average Bonchev–Trinajstić information content (AvgIpc) is 3.10. The molecule has 3 aromatic rings. The van der Waals surface area contributed by atoms with E-state index in [4.69, 9.17) is 0 Å². The molecule has 7 heteroatoms. The molecule has 27 heavy (non-hydrogen) atoms. The number of benzene rings is 2. The first-order valence-electron chi connectivity index (χ1n) is 8.91. The minimum absolute atomic E-state index is 0.0831. The molecule has 1 heterocycles. The number of nitrogens with one attached hydrogen (secondary N) is 1. The van der Waals surface area contributed by atoms with Crippen LogP contribution in [0.15, 0.2) is 47.6 Å². The Labute approximate surface area is 163 Å². The summed E-state index contributed by atoms with van der Waals surface area (Å²) in [5, 5.41) is 15.2. The Bertz CT molecular complexity index is 916. The summed E-state index contributed by atoms with van der Waals surface area (Å²) in [6.45, 7) is 8.00. The van der Waals surface area contributed by atoms with E-state index in [0.29, 0.717) is 5.16 Å². The van der Waals surface area contributed by atoms with Crippen molar-refractivity contribution in [2.45, 2.75) is 44.5 Å². The predicted molar refractivity (Wildman–Crippen MR) is 108 cm³/mol.